The van der Waals surface area contributed by atoms with Crippen molar-refractivity contribution in [1.82, 2.24) is 14.9 Å². The number of anilines is 1. The number of halogens is 2. The molecular weight excluding hydrogens is 857 g/mol. The number of ketones is 1. The average molecular weight is 904 g/mol. The van der Waals surface area contributed by atoms with E-state index in [1.165, 1.54) is 28.8 Å². The van der Waals surface area contributed by atoms with Crippen molar-refractivity contribution < 1.29 is 31.7 Å². The number of benzene rings is 1. The quantitative estimate of drug-likeness (QED) is 0.0504. The number of aryl methyl sites for hydroxylation is 1. The Balaban J connectivity index is 1.46. The maximum absolute atomic E-state index is 14.3. The Morgan fingerprint density at radius 2 is 1.83 bits per heavy atom. The molecule has 1 fully saturated rings. The predicted octanol–water partition coefficient (Wildman–Crippen LogP) is 7.87. The van der Waals surface area contributed by atoms with Crippen LogP contribution in [0.4, 0.5) is 10.6 Å². The number of carboxylic acid groups (broad SMARTS) is 1. The van der Waals surface area contributed by atoms with Crippen LogP contribution in [0, 0.1) is 12.8 Å². The molecule has 4 atom stereocenters. The van der Waals surface area contributed by atoms with E-state index in [4.69, 9.17) is 25.3 Å². The van der Waals surface area contributed by atoms with Gasteiger partial charge in [0.25, 0.3) is 0 Å². The van der Waals surface area contributed by atoms with Crippen molar-refractivity contribution >= 4 is 81.8 Å². The topological polar surface area (TPSA) is 174 Å². The Morgan fingerprint density at radius 3 is 2.44 bits per heavy atom. The van der Waals surface area contributed by atoms with Gasteiger partial charge in [0.2, 0.25) is 14.1 Å². The number of amides is 1. The summed E-state index contributed by atoms with van der Waals surface area (Å²) in [5.74, 6) is -0.237. The molecule has 2 aromatic heterocycles. The standard InChI is InChI=1S/C35H47ClIN5O7S2Si/c1-19(2)52(20(3)4,21(5)6)49-30-14-26(12-24(30)17-48-51(38,46)47)41-33-27(16-39-18-40-33)32(43)31-15-28(22(7)50-31)35(37)29-13-25(36)9-8-23(29)10-11-42(35)34(44)45/h8-9,13,15-16,18-21,24,26,30H,10-12,14,17H2,1-7H3,(H,44,45)(H2,38,46,47)(H,39,40,41)/t24-,26-,30+,35-/m1/s1. The van der Waals surface area contributed by atoms with Crippen molar-refractivity contribution in [3.8, 4) is 0 Å². The maximum atomic E-state index is 14.3. The van der Waals surface area contributed by atoms with Gasteiger partial charge in [-0.2, -0.15) is 8.42 Å². The van der Waals surface area contributed by atoms with E-state index < -0.39 is 28.3 Å². The molecule has 1 saturated carbocycles. The van der Waals surface area contributed by atoms with Crippen molar-refractivity contribution in [3.63, 3.8) is 0 Å². The number of rotatable bonds is 13. The highest BCUT2D eigenvalue weighted by molar-refractivity contribution is 14.1. The van der Waals surface area contributed by atoms with Gasteiger partial charge >= 0.3 is 16.4 Å². The highest BCUT2D eigenvalue weighted by atomic mass is 127. The largest absolute Gasteiger partial charge is 0.465 e. The zero-order valence-electron chi connectivity index (χ0n) is 30.4. The van der Waals surface area contributed by atoms with Gasteiger partial charge in [0.15, 0.2) is 0 Å². The number of aromatic nitrogens is 2. The van der Waals surface area contributed by atoms with Crippen molar-refractivity contribution in [2.24, 2.45) is 11.1 Å². The number of nitrogens with two attached hydrogens (primary N) is 1. The number of carbonyl (C=O) groups is 2. The lowest BCUT2D eigenvalue weighted by Gasteiger charge is -2.45. The van der Waals surface area contributed by atoms with E-state index in [1.54, 1.807) is 18.2 Å². The van der Waals surface area contributed by atoms with Crippen LogP contribution in [0.1, 0.15) is 91.2 Å². The molecular formula is C35H47ClIN5O7S2Si. The first-order valence-electron chi connectivity index (χ1n) is 17.3. The van der Waals surface area contributed by atoms with Gasteiger partial charge in [0.05, 0.1) is 23.2 Å². The highest BCUT2D eigenvalue weighted by Crippen LogP contribution is 2.51. The van der Waals surface area contributed by atoms with Crippen LogP contribution in [-0.2, 0) is 28.9 Å². The van der Waals surface area contributed by atoms with Gasteiger partial charge in [-0.15, -0.1) is 11.3 Å². The molecule has 5 rings (SSSR count). The minimum atomic E-state index is -4.17. The first-order valence-corrected chi connectivity index (χ1v) is 23.2. The summed E-state index contributed by atoms with van der Waals surface area (Å²) in [5, 5.41) is 19.5. The first-order chi connectivity index (χ1) is 24.3. The normalized spacial score (nSPS) is 22.3. The summed E-state index contributed by atoms with van der Waals surface area (Å²) in [5.41, 5.74) is 3.67. The van der Waals surface area contributed by atoms with E-state index in [2.05, 4.69) is 79.4 Å². The molecule has 1 aliphatic carbocycles. The fourth-order valence-electron chi connectivity index (χ4n) is 8.36. The minimum absolute atomic E-state index is 0.118. The molecule has 0 saturated heterocycles. The molecule has 1 aliphatic heterocycles. The van der Waals surface area contributed by atoms with Crippen molar-refractivity contribution in [3.05, 3.63) is 73.8 Å². The molecule has 52 heavy (non-hydrogen) atoms. The summed E-state index contributed by atoms with van der Waals surface area (Å²) in [6.07, 6.45) is 3.08. The van der Waals surface area contributed by atoms with Gasteiger partial charge in [-0.25, -0.2) is 19.9 Å². The molecule has 17 heteroatoms. The Morgan fingerprint density at radius 1 is 1.15 bits per heavy atom. The fourth-order valence-corrected chi connectivity index (χ4v) is 17.2. The van der Waals surface area contributed by atoms with E-state index in [0.29, 0.717) is 57.2 Å². The average Bonchev–Trinajstić information content (AvgIpc) is 3.64. The number of nitrogens with one attached hydrogen (secondary N) is 1. The van der Waals surface area contributed by atoms with Gasteiger partial charge < -0.3 is 14.8 Å². The first kappa shape index (κ1) is 41.0. The van der Waals surface area contributed by atoms with Crippen LogP contribution in [0.5, 0.6) is 0 Å². The third-order valence-electron chi connectivity index (χ3n) is 10.6. The van der Waals surface area contributed by atoms with Crippen molar-refractivity contribution in [2.45, 2.75) is 100 Å². The van der Waals surface area contributed by atoms with Gasteiger partial charge in [0, 0.05) is 40.2 Å². The third-order valence-corrected chi connectivity index (χ3v) is 20.2. The molecule has 2 aliphatic rings. The minimum Gasteiger partial charge on any atom is -0.465 e. The fraction of sp³-hybridized carbons (Fsp3) is 0.543. The smallest absolute Gasteiger partial charge is 0.408 e. The second-order valence-corrected chi connectivity index (χ2v) is 24.5. The lowest BCUT2D eigenvalue weighted by molar-refractivity contribution is 0.103. The predicted molar refractivity (Wildman–Crippen MR) is 214 cm³/mol. The molecule has 12 nitrogen and oxygen atoms in total. The van der Waals surface area contributed by atoms with Gasteiger partial charge in [0.1, 0.15) is 15.7 Å². The van der Waals surface area contributed by atoms with Gasteiger partial charge in [-0.05, 0) is 94.7 Å². The van der Waals surface area contributed by atoms with E-state index in [0.717, 1.165) is 16.0 Å². The van der Waals surface area contributed by atoms with Gasteiger partial charge in [-0.1, -0.05) is 59.2 Å². The third kappa shape index (κ3) is 8.09. The Hall–Kier alpha value is -2.19. The summed E-state index contributed by atoms with van der Waals surface area (Å²) in [6.45, 7) is 15.2. The molecule has 4 N–H and O–H groups in total. The summed E-state index contributed by atoms with van der Waals surface area (Å²) in [6, 6.07) is 7.09. The molecule has 0 spiro atoms. The van der Waals surface area contributed by atoms with E-state index in [1.807, 2.05) is 13.0 Å². The zero-order valence-corrected chi connectivity index (χ0v) is 35.9. The number of thiophene rings is 1. The second kappa shape index (κ2) is 15.9. The van der Waals surface area contributed by atoms with Crippen molar-refractivity contribution in [2.75, 3.05) is 18.5 Å². The summed E-state index contributed by atoms with van der Waals surface area (Å²) in [7, 11) is -6.52. The monoisotopic (exact) mass is 903 g/mol. The number of fused-ring (bicyclic) bond motifs is 1. The van der Waals surface area contributed by atoms with Crippen LogP contribution >= 0.6 is 45.5 Å². The van der Waals surface area contributed by atoms with E-state index in [9.17, 15) is 23.1 Å². The summed E-state index contributed by atoms with van der Waals surface area (Å²) < 4.78 is 34.8. The van der Waals surface area contributed by atoms with Crippen LogP contribution < -0.4 is 10.5 Å². The molecule has 1 aromatic carbocycles. The SMILES string of the molecule is Cc1sc(C(=O)c2cncnc2N[C@@H]2C[C@H](COS(N)(=O)=O)[C@@H](O[Si](C(C)C)(C(C)C)C(C)C)C2)cc1[C@]1(I)c2cc(Cl)ccc2CCN1C(=O)O. The number of hydrogen-bond donors (Lipinski definition) is 3. The maximum Gasteiger partial charge on any atom is 0.408 e. The zero-order chi connectivity index (χ0) is 38.3. The second-order valence-electron chi connectivity index (χ2n) is 14.6. The van der Waals surface area contributed by atoms with Crippen LogP contribution in [-0.4, -0.2) is 73.9 Å². The molecule has 284 valence electrons. The van der Waals surface area contributed by atoms with Crippen LogP contribution in [0.3, 0.4) is 0 Å². The summed E-state index contributed by atoms with van der Waals surface area (Å²) in [4.78, 5) is 38.1. The number of hydrogen-bond acceptors (Lipinski definition) is 10. The number of nitrogens with zero attached hydrogens (tertiary/aromatic N) is 3. The molecule has 3 aromatic rings. The van der Waals surface area contributed by atoms with Crippen LogP contribution in [0.2, 0.25) is 21.6 Å². The Labute approximate surface area is 329 Å². The summed E-state index contributed by atoms with van der Waals surface area (Å²) >= 11 is 9.88. The van der Waals surface area contributed by atoms with Gasteiger partial charge in [-0.3, -0.25) is 13.9 Å². The molecule has 3 heterocycles. The van der Waals surface area contributed by atoms with E-state index >= 15 is 0 Å². The molecule has 0 unspecified atom stereocenters. The van der Waals surface area contributed by atoms with Crippen LogP contribution in [0.25, 0.3) is 0 Å². The number of carbonyl (C=O) groups excluding carboxylic acids is 1. The van der Waals surface area contributed by atoms with Crippen LogP contribution in [0.15, 0.2) is 36.8 Å². The number of alkyl halides is 1. The lowest BCUT2D eigenvalue weighted by Crippen LogP contribution is -2.51. The Kier molecular flexibility index (Phi) is 12.5. The molecule has 0 radical (unpaired) electrons. The van der Waals surface area contributed by atoms with Crippen molar-refractivity contribution in [1.29, 1.82) is 0 Å². The Bertz CT molecular complexity index is 1910. The highest BCUT2D eigenvalue weighted by Gasteiger charge is 2.50. The lowest BCUT2D eigenvalue weighted by atomic mass is 9.88. The van der Waals surface area contributed by atoms with E-state index in [-0.39, 0.29) is 42.6 Å². The molecule has 1 amide bonds. The molecule has 0 bridgehead atoms.